The van der Waals surface area contributed by atoms with Crippen LogP contribution < -0.4 is 0 Å². The maximum atomic E-state index is 10.6. The van der Waals surface area contributed by atoms with Crippen molar-refractivity contribution in [3.05, 3.63) is 12.7 Å². The summed E-state index contributed by atoms with van der Waals surface area (Å²) in [6, 6.07) is 0. The molecule has 0 saturated heterocycles. The van der Waals surface area contributed by atoms with Gasteiger partial charge in [-0.15, -0.1) is 6.58 Å². The molecule has 0 amide bonds. The van der Waals surface area contributed by atoms with E-state index in [0.717, 1.165) is 6.42 Å². The molecule has 0 bridgehead atoms. The molecule has 0 aliphatic heterocycles. The molecule has 0 rings (SSSR count). The van der Waals surface area contributed by atoms with E-state index < -0.39 is 0 Å². The first-order valence-corrected chi connectivity index (χ1v) is 3.71. The Hall–Kier alpha value is -0.300. The average molecular weight is 141 g/mol. The van der Waals surface area contributed by atoms with Crippen LogP contribution in [0.4, 0.5) is 0 Å². The quantitative estimate of drug-likeness (QED) is 0.538. The van der Waals surface area contributed by atoms with Gasteiger partial charge in [0.05, 0.1) is 6.61 Å². The molecule has 0 spiro atoms. The Morgan fingerprint density at radius 2 is 2.00 bits per heavy atom. The fourth-order valence-corrected chi connectivity index (χ4v) is 0.873. The van der Waals surface area contributed by atoms with Gasteiger partial charge in [-0.1, -0.05) is 26.8 Å². The molecule has 10 heavy (non-hydrogen) atoms. The van der Waals surface area contributed by atoms with Crippen LogP contribution in [0.1, 0.15) is 27.2 Å². The van der Waals surface area contributed by atoms with Crippen molar-refractivity contribution in [3.8, 4) is 0 Å². The Morgan fingerprint density at radius 1 is 1.50 bits per heavy atom. The highest BCUT2D eigenvalue weighted by molar-refractivity contribution is 4.80. The molecule has 0 aliphatic rings. The van der Waals surface area contributed by atoms with Crippen molar-refractivity contribution in [2.45, 2.75) is 27.2 Å². The molecule has 1 heteroatoms. The smallest absolute Gasteiger partial charge is 0.0858 e. The molecule has 1 radical (unpaired) electrons. The lowest BCUT2D eigenvalue weighted by atomic mass is 9.79. The fourth-order valence-electron chi connectivity index (χ4n) is 0.873. The van der Waals surface area contributed by atoms with Crippen molar-refractivity contribution in [2.24, 2.45) is 11.3 Å². The molecule has 59 valence electrons. The van der Waals surface area contributed by atoms with E-state index in [9.17, 15) is 5.11 Å². The molecule has 0 aromatic rings. The molecule has 0 aromatic heterocycles. The van der Waals surface area contributed by atoms with Crippen LogP contribution in [0.2, 0.25) is 0 Å². The molecule has 1 unspecified atom stereocenters. The third kappa shape index (κ3) is 3.02. The Balaban J connectivity index is 3.92. The minimum absolute atomic E-state index is 0.00944. The second-order valence-corrected chi connectivity index (χ2v) is 3.75. The van der Waals surface area contributed by atoms with Gasteiger partial charge in [0.15, 0.2) is 0 Å². The van der Waals surface area contributed by atoms with Gasteiger partial charge in [-0.25, -0.2) is 5.11 Å². The van der Waals surface area contributed by atoms with Crippen molar-refractivity contribution in [1.29, 1.82) is 0 Å². The minimum atomic E-state index is 0.00944. The highest BCUT2D eigenvalue weighted by Gasteiger charge is 2.22. The Morgan fingerprint density at radius 3 is 2.10 bits per heavy atom. The van der Waals surface area contributed by atoms with E-state index in [-0.39, 0.29) is 17.9 Å². The monoisotopic (exact) mass is 141 g/mol. The Bertz CT molecular complexity index is 99.8. The first-order chi connectivity index (χ1) is 4.52. The maximum absolute atomic E-state index is 10.6. The van der Waals surface area contributed by atoms with Crippen LogP contribution in [0.15, 0.2) is 12.7 Å². The zero-order valence-corrected chi connectivity index (χ0v) is 7.18. The van der Waals surface area contributed by atoms with E-state index in [1.807, 2.05) is 6.08 Å². The number of rotatable bonds is 3. The van der Waals surface area contributed by atoms with Gasteiger partial charge < -0.3 is 0 Å². The van der Waals surface area contributed by atoms with Gasteiger partial charge in [-0.3, -0.25) is 0 Å². The third-order valence-corrected chi connectivity index (χ3v) is 1.88. The van der Waals surface area contributed by atoms with Crippen molar-refractivity contribution < 1.29 is 5.11 Å². The van der Waals surface area contributed by atoms with Crippen LogP contribution in [0, 0.1) is 11.3 Å². The lowest BCUT2D eigenvalue weighted by Gasteiger charge is -2.27. The molecule has 0 heterocycles. The van der Waals surface area contributed by atoms with E-state index in [1.165, 1.54) is 0 Å². The van der Waals surface area contributed by atoms with Gasteiger partial charge in [-0.2, -0.15) is 0 Å². The first kappa shape index (κ1) is 9.70. The van der Waals surface area contributed by atoms with Gasteiger partial charge in [0, 0.05) is 0 Å². The third-order valence-electron chi connectivity index (χ3n) is 1.88. The first-order valence-electron chi connectivity index (χ1n) is 3.71. The van der Waals surface area contributed by atoms with Gasteiger partial charge in [0.25, 0.3) is 0 Å². The average Bonchev–Trinajstić information content (AvgIpc) is 1.80. The minimum Gasteiger partial charge on any atom is -0.236 e. The normalized spacial score (nSPS) is 14.8. The van der Waals surface area contributed by atoms with Gasteiger partial charge >= 0.3 is 0 Å². The summed E-state index contributed by atoms with van der Waals surface area (Å²) in [6.07, 6.45) is 2.67. The van der Waals surface area contributed by atoms with E-state index in [0.29, 0.717) is 0 Å². The molecule has 0 N–H and O–H groups in total. The van der Waals surface area contributed by atoms with Crippen molar-refractivity contribution in [3.63, 3.8) is 0 Å². The van der Waals surface area contributed by atoms with Crippen molar-refractivity contribution >= 4 is 0 Å². The largest absolute Gasteiger partial charge is 0.236 e. The van der Waals surface area contributed by atoms with Crippen LogP contribution in [0.5, 0.6) is 0 Å². The predicted octanol–water partition coefficient (Wildman–Crippen LogP) is 2.66. The van der Waals surface area contributed by atoms with E-state index in [1.54, 1.807) is 0 Å². The summed E-state index contributed by atoms with van der Waals surface area (Å²) in [6.45, 7) is 9.92. The lowest BCUT2D eigenvalue weighted by molar-refractivity contribution is 0.0823. The van der Waals surface area contributed by atoms with Crippen LogP contribution in [0.3, 0.4) is 0 Å². The van der Waals surface area contributed by atoms with Crippen LogP contribution in [0.25, 0.3) is 0 Å². The van der Waals surface area contributed by atoms with Crippen LogP contribution in [-0.4, -0.2) is 6.61 Å². The predicted molar refractivity (Wildman–Crippen MR) is 43.3 cm³/mol. The topological polar surface area (TPSA) is 19.9 Å². The summed E-state index contributed by atoms with van der Waals surface area (Å²) in [5.41, 5.74) is 0.135. The fraction of sp³-hybridized carbons (Fsp3) is 0.778. The van der Waals surface area contributed by atoms with Crippen molar-refractivity contribution in [1.82, 2.24) is 0 Å². The van der Waals surface area contributed by atoms with Crippen LogP contribution >= 0.6 is 0 Å². The van der Waals surface area contributed by atoms with Gasteiger partial charge in [-0.05, 0) is 17.8 Å². The highest BCUT2D eigenvalue weighted by atomic mass is 16.3. The molecule has 1 nitrogen and oxygen atoms in total. The SMILES string of the molecule is C=CCC(C[O])C(C)(C)C. The molecule has 0 aromatic carbocycles. The summed E-state index contributed by atoms with van der Waals surface area (Å²) >= 11 is 0. The maximum Gasteiger partial charge on any atom is 0.0858 e. The molecule has 1 atom stereocenters. The van der Waals surface area contributed by atoms with Crippen molar-refractivity contribution in [2.75, 3.05) is 6.61 Å². The summed E-state index contributed by atoms with van der Waals surface area (Å²) in [7, 11) is 0. The van der Waals surface area contributed by atoms with Gasteiger partial charge in [0.1, 0.15) is 0 Å². The second kappa shape index (κ2) is 3.77. The zero-order chi connectivity index (χ0) is 8.20. The Labute approximate surface area is 63.8 Å². The number of allylic oxidation sites excluding steroid dienone is 1. The zero-order valence-electron chi connectivity index (χ0n) is 7.18. The van der Waals surface area contributed by atoms with E-state index >= 15 is 0 Å². The summed E-state index contributed by atoms with van der Waals surface area (Å²) in [5.74, 6) is 0.241. The molecular formula is C9H17O. The molecule has 0 aliphatic carbocycles. The lowest BCUT2D eigenvalue weighted by Crippen LogP contribution is -2.22. The summed E-state index contributed by atoms with van der Waals surface area (Å²) in [4.78, 5) is 0. The van der Waals surface area contributed by atoms with E-state index in [4.69, 9.17) is 0 Å². The molecule has 0 saturated carbocycles. The number of hydrogen-bond donors (Lipinski definition) is 0. The van der Waals surface area contributed by atoms with Crippen LogP contribution in [-0.2, 0) is 5.11 Å². The highest BCUT2D eigenvalue weighted by Crippen LogP contribution is 2.28. The molecular weight excluding hydrogens is 124 g/mol. The second-order valence-electron chi connectivity index (χ2n) is 3.75. The van der Waals surface area contributed by atoms with Gasteiger partial charge in [0.2, 0.25) is 0 Å². The summed E-state index contributed by atoms with van der Waals surface area (Å²) < 4.78 is 0. The summed E-state index contributed by atoms with van der Waals surface area (Å²) in [5, 5.41) is 10.6. The Kier molecular flexibility index (Phi) is 3.66. The standard InChI is InChI=1S/C9H17O/c1-5-6-8(7-10)9(2,3)4/h5,8H,1,6-7H2,2-4H3. The molecule has 0 fully saturated rings. The van der Waals surface area contributed by atoms with E-state index in [2.05, 4.69) is 27.4 Å². The number of hydrogen-bond acceptors (Lipinski definition) is 0.